The van der Waals surface area contributed by atoms with Crippen LogP contribution in [-0.4, -0.2) is 99.6 Å². The first-order chi connectivity index (χ1) is 40.2. The molecular formula is C71H123NO10. The summed E-state index contributed by atoms with van der Waals surface area (Å²) in [6.07, 6.45) is 67.3. The normalized spacial score (nSPS) is 19.2. The van der Waals surface area contributed by atoms with Gasteiger partial charge in [-0.15, -0.1) is 0 Å². The molecule has 1 saturated heterocycles. The molecule has 0 saturated carbocycles. The highest BCUT2D eigenvalue weighted by Crippen LogP contribution is 2.26. The van der Waals surface area contributed by atoms with E-state index in [-0.39, 0.29) is 19.4 Å². The summed E-state index contributed by atoms with van der Waals surface area (Å²) in [6, 6.07) is -1.03. The number of rotatable bonds is 56. The van der Waals surface area contributed by atoms with Crippen LogP contribution in [0.15, 0.2) is 97.2 Å². The van der Waals surface area contributed by atoms with E-state index in [4.69, 9.17) is 14.2 Å². The average molecular weight is 1150 g/mol. The summed E-state index contributed by atoms with van der Waals surface area (Å²) in [5.74, 6) is -1.21. The Kier molecular flexibility index (Phi) is 54.2. The zero-order chi connectivity index (χ0) is 59.6. The summed E-state index contributed by atoms with van der Waals surface area (Å²) >= 11 is 0. The van der Waals surface area contributed by atoms with E-state index in [0.29, 0.717) is 12.8 Å². The molecule has 11 nitrogen and oxygen atoms in total. The summed E-state index contributed by atoms with van der Waals surface area (Å²) < 4.78 is 17.6. The van der Waals surface area contributed by atoms with Crippen molar-refractivity contribution in [3.63, 3.8) is 0 Å². The number of aliphatic hydroxyl groups excluding tert-OH is 5. The molecule has 0 bridgehead atoms. The maximum Gasteiger partial charge on any atom is 0.306 e. The highest BCUT2D eigenvalue weighted by Gasteiger charge is 2.47. The van der Waals surface area contributed by atoms with E-state index < -0.39 is 67.4 Å². The van der Waals surface area contributed by atoms with Crippen LogP contribution < -0.4 is 5.32 Å². The third kappa shape index (κ3) is 45.0. The van der Waals surface area contributed by atoms with Crippen molar-refractivity contribution in [3.05, 3.63) is 97.2 Å². The van der Waals surface area contributed by atoms with E-state index >= 15 is 0 Å². The van der Waals surface area contributed by atoms with Crippen molar-refractivity contribution in [2.24, 2.45) is 0 Å². The Labute approximate surface area is 501 Å². The molecule has 0 aromatic carbocycles. The smallest absolute Gasteiger partial charge is 0.306 e. The molecular weight excluding hydrogens is 1030 g/mol. The molecule has 0 spiro atoms. The topological polar surface area (TPSA) is 175 Å². The van der Waals surface area contributed by atoms with Crippen molar-refractivity contribution in [2.45, 2.75) is 327 Å². The van der Waals surface area contributed by atoms with Gasteiger partial charge in [0.25, 0.3) is 0 Å². The number of esters is 1. The fourth-order valence-electron chi connectivity index (χ4n) is 9.94. The first-order valence-corrected chi connectivity index (χ1v) is 33.5. The van der Waals surface area contributed by atoms with E-state index in [1.807, 2.05) is 6.08 Å². The van der Waals surface area contributed by atoms with Crippen molar-refractivity contribution < 1.29 is 49.3 Å². The third-order valence-corrected chi connectivity index (χ3v) is 15.2. The first kappa shape index (κ1) is 76.6. The van der Waals surface area contributed by atoms with Crippen molar-refractivity contribution in [1.82, 2.24) is 5.32 Å². The highest BCUT2D eigenvalue weighted by molar-refractivity contribution is 5.80. The molecule has 1 rings (SSSR count). The minimum absolute atomic E-state index is 0.114. The van der Waals surface area contributed by atoms with Gasteiger partial charge in [-0.2, -0.15) is 0 Å². The van der Waals surface area contributed by atoms with E-state index in [1.54, 1.807) is 6.08 Å². The Morgan fingerprint density at radius 3 is 1.34 bits per heavy atom. The van der Waals surface area contributed by atoms with Crippen LogP contribution in [-0.2, 0) is 23.8 Å². The molecule has 0 aliphatic carbocycles. The predicted octanol–water partition coefficient (Wildman–Crippen LogP) is 16.7. The second kappa shape index (κ2) is 58.0. The molecule has 472 valence electrons. The van der Waals surface area contributed by atoms with E-state index in [9.17, 15) is 35.1 Å². The molecule has 1 aliphatic heterocycles. The van der Waals surface area contributed by atoms with E-state index in [1.165, 1.54) is 103 Å². The molecule has 1 amide bonds. The maximum absolute atomic E-state index is 13.5. The van der Waals surface area contributed by atoms with Crippen LogP contribution in [0.4, 0.5) is 0 Å². The first-order valence-electron chi connectivity index (χ1n) is 33.5. The minimum Gasteiger partial charge on any atom is -0.454 e. The number of hydrogen-bond acceptors (Lipinski definition) is 10. The number of aliphatic hydroxyl groups is 5. The lowest BCUT2D eigenvalue weighted by atomic mass is 9.99. The molecule has 8 atom stereocenters. The number of ether oxygens (including phenoxy) is 3. The summed E-state index contributed by atoms with van der Waals surface area (Å²) in [6.45, 7) is 5.66. The molecule has 82 heavy (non-hydrogen) atoms. The Morgan fingerprint density at radius 1 is 0.488 bits per heavy atom. The van der Waals surface area contributed by atoms with Crippen LogP contribution in [0.1, 0.15) is 278 Å². The lowest BCUT2D eigenvalue weighted by Gasteiger charge is -2.41. The largest absolute Gasteiger partial charge is 0.454 e. The van der Waals surface area contributed by atoms with Gasteiger partial charge in [0, 0.05) is 6.42 Å². The van der Waals surface area contributed by atoms with Crippen molar-refractivity contribution in [1.29, 1.82) is 0 Å². The molecule has 1 heterocycles. The van der Waals surface area contributed by atoms with Crippen LogP contribution in [0.3, 0.4) is 0 Å². The SMILES string of the molecule is CC/C=C\C/C=C\C/C=C\C/C=C\C/C=C\C/C=C\CCCCCCCCCC(O)C(=O)NC(COC1OC(CO)C(O)C(O)C1OC(=O)CCCCCCCCC/C=C\CCCCCC)C(O)/C=C/CCCCCCCCCCCC. The predicted molar refractivity (Wildman–Crippen MR) is 342 cm³/mol. The zero-order valence-corrected chi connectivity index (χ0v) is 52.3. The standard InChI is InChI=1S/C71H123NO10/c1-4-7-10-13-16-19-22-25-27-28-29-30-31-32-33-34-35-36-37-39-40-43-46-49-52-55-58-64(75)70(79)72-62(63(74)57-54-51-48-45-42-24-21-18-15-12-9-6-3)61-80-71-69(68(78)67(77)65(60-73)81-71)82-66(76)59-56-53-50-47-44-41-38-26-23-20-17-14-11-8-5-2/h7,10,16,19-20,23,25,27,29-30,32-33,35-36,54,57,62-65,67-69,71,73-75,77-78H,4-6,8-9,11-15,17-18,21-22,24,26,28,31,34,37-53,55-56,58-61H2,1-3H3,(H,72,79)/b10-7-,19-16-,23-20-,27-25-,30-29-,33-32-,36-35-,57-54+. The maximum atomic E-state index is 13.5. The van der Waals surface area contributed by atoms with Gasteiger partial charge in [-0.3, -0.25) is 9.59 Å². The Morgan fingerprint density at radius 2 is 0.878 bits per heavy atom. The molecule has 1 fully saturated rings. The van der Waals surface area contributed by atoms with Gasteiger partial charge in [-0.05, 0) is 103 Å². The van der Waals surface area contributed by atoms with Gasteiger partial charge in [0.05, 0.1) is 25.4 Å². The summed E-state index contributed by atoms with van der Waals surface area (Å²) in [7, 11) is 0. The van der Waals surface area contributed by atoms with Gasteiger partial charge in [-0.1, -0.05) is 266 Å². The lowest BCUT2D eigenvalue weighted by Crippen LogP contribution is -2.61. The zero-order valence-electron chi connectivity index (χ0n) is 52.3. The number of nitrogens with one attached hydrogen (secondary N) is 1. The average Bonchev–Trinajstić information content (AvgIpc) is 3.68. The Bertz CT molecular complexity index is 1700. The van der Waals surface area contributed by atoms with Crippen LogP contribution in [0.5, 0.6) is 0 Å². The Balaban J connectivity index is 2.62. The van der Waals surface area contributed by atoms with Crippen LogP contribution >= 0.6 is 0 Å². The molecule has 11 heteroatoms. The number of unbranched alkanes of at least 4 members (excludes halogenated alkanes) is 28. The molecule has 0 aromatic heterocycles. The fraction of sp³-hybridized carbons (Fsp3) is 0.746. The molecule has 8 unspecified atom stereocenters. The quantitative estimate of drug-likeness (QED) is 0.0195. The van der Waals surface area contributed by atoms with Crippen molar-refractivity contribution >= 4 is 11.9 Å². The summed E-state index contributed by atoms with van der Waals surface area (Å²) in [5, 5.41) is 57.1. The molecule has 0 radical (unpaired) electrons. The van der Waals surface area contributed by atoms with E-state index in [0.717, 1.165) is 128 Å². The fourth-order valence-corrected chi connectivity index (χ4v) is 9.94. The van der Waals surface area contributed by atoms with Crippen LogP contribution in [0.25, 0.3) is 0 Å². The molecule has 6 N–H and O–H groups in total. The number of hydrogen-bond donors (Lipinski definition) is 6. The Hall–Kier alpha value is -3.42. The van der Waals surface area contributed by atoms with Gasteiger partial charge in [0.1, 0.15) is 24.4 Å². The number of carbonyl (C=O) groups excluding carboxylic acids is 2. The second-order valence-electron chi connectivity index (χ2n) is 22.8. The van der Waals surface area contributed by atoms with Crippen molar-refractivity contribution in [3.8, 4) is 0 Å². The number of amides is 1. The number of carbonyl (C=O) groups is 2. The molecule has 0 aromatic rings. The van der Waals surface area contributed by atoms with Crippen LogP contribution in [0.2, 0.25) is 0 Å². The van der Waals surface area contributed by atoms with Gasteiger partial charge in [0.15, 0.2) is 12.4 Å². The summed E-state index contributed by atoms with van der Waals surface area (Å²) in [4.78, 5) is 26.6. The van der Waals surface area contributed by atoms with Crippen molar-refractivity contribution in [2.75, 3.05) is 13.2 Å². The summed E-state index contributed by atoms with van der Waals surface area (Å²) in [5.41, 5.74) is 0. The van der Waals surface area contributed by atoms with E-state index in [2.05, 4.69) is 111 Å². The lowest BCUT2D eigenvalue weighted by molar-refractivity contribution is -0.305. The monoisotopic (exact) mass is 1150 g/mol. The van der Waals surface area contributed by atoms with Gasteiger partial charge >= 0.3 is 5.97 Å². The second-order valence-corrected chi connectivity index (χ2v) is 22.8. The number of allylic oxidation sites excluding steroid dienone is 15. The van der Waals surface area contributed by atoms with Gasteiger partial charge < -0.3 is 45.1 Å². The minimum atomic E-state index is -1.62. The van der Waals surface area contributed by atoms with Gasteiger partial charge in [-0.25, -0.2) is 0 Å². The molecule has 1 aliphatic rings. The highest BCUT2D eigenvalue weighted by atomic mass is 16.7. The van der Waals surface area contributed by atoms with Crippen LogP contribution in [0, 0.1) is 0 Å². The third-order valence-electron chi connectivity index (χ3n) is 15.2. The van der Waals surface area contributed by atoms with Gasteiger partial charge in [0.2, 0.25) is 5.91 Å².